The fraction of sp³-hybridized carbons (Fsp3) is 0.143. The summed E-state index contributed by atoms with van der Waals surface area (Å²) in [5, 5.41) is 20.5. The maximum atomic E-state index is 9.38. The molecule has 0 fully saturated rings. The molecule has 19 heavy (non-hydrogen) atoms. The molecule has 0 aromatic heterocycles. The summed E-state index contributed by atoms with van der Waals surface area (Å²) in [5.74, 6) is 0.397. The lowest BCUT2D eigenvalue weighted by Gasteiger charge is -2.28. The van der Waals surface area contributed by atoms with E-state index in [-0.39, 0.29) is 11.5 Å². The average molecular weight is 276 g/mol. The van der Waals surface area contributed by atoms with Gasteiger partial charge in [0.2, 0.25) is 0 Å². The Balaban J connectivity index is 2.53. The van der Waals surface area contributed by atoms with Crippen LogP contribution >= 0.6 is 0 Å². The molecule has 0 aliphatic rings. The second-order valence-corrected chi connectivity index (χ2v) is 7.32. The first kappa shape index (κ1) is 13.6. The standard InChI is InChI=1S/C14H16O4Si/c1-17-19(18-2,13-7-3-11(15)4-8-13)14-9-5-12(16)6-10-14/h3-10,15-16H,1-2H3. The summed E-state index contributed by atoms with van der Waals surface area (Å²) >= 11 is 0. The van der Waals surface area contributed by atoms with E-state index in [0.29, 0.717) is 0 Å². The van der Waals surface area contributed by atoms with Gasteiger partial charge in [-0.3, -0.25) is 0 Å². The first-order valence-electron chi connectivity index (χ1n) is 5.81. The second-order valence-electron chi connectivity index (χ2n) is 4.12. The third-order valence-corrected chi connectivity index (χ3v) is 6.41. The molecule has 0 spiro atoms. The molecule has 100 valence electrons. The quantitative estimate of drug-likeness (QED) is 0.816. The molecular formula is C14H16O4Si. The lowest BCUT2D eigenvalue weighted by molar-refractivity contribution is 0.272. The van der Waals surface area contributed by atoms with Crippen LogP contribution in [0.3, 0.4) is 0 Å². The van der Waals surface area contributed by atoms with Crippen molar-refractivity contribution in [2.75, 3.05) is 14.2 Å². The first-order chi connectivity index (χ1) is 9.12. The summed E-state index contributed by atoms with van der Waals surface area (Å²) in [6.07, 6.45) is 0. The van der Waals surface area contributed by atoms with Crippen molar-refractivity contribution < 1.29 is 19.1 Å². The molecular weight excluding hydrogens is 260 g/mol. The van der Waals surface area contributed by atoms with Crippen molar-refractivity contribution in [3.63, 3.8) is 0 Å². The van der Waals surface area contributed by atoms with Crippen LogP contribution in [0.1, 0.15) is 0 Å². The van der Waals surface area contributed by atoms with Crippen LogP contribution in [0.25, 0.3) is 0 Å². The van der Waals surface area contributed by atoms with Crippen molar-refractivity contribution in [2.24, 2.45) is 0 Å². The zero-order chi connectivity index (χ0) is 13.9. The number of hydrogen-bond acceptors (Lipinski definition) is 4. The Labute approximate surface area is 113 Å². The molecule has 0 unspecified atom stereocenters. The van der Waals surface area contributed by atoms with Crippen LogP contribution in [-0.2, 0) is 8.85 Å². The van der Waals surface area contributed by atoms with Crippen molar-refractivity contribution in [2.45, 2.75) is 0 Å². The molecule has 0 amide bonds. The lowest BCUT2D eigenvalue weighted by Crippen LogP contribution is -2.62. The highest BCUT2D eigenvalue weighted by Gasteiger charge is 2.40. The highest BCUT2D eigenvalue weighted by atomic mass is 28.4. The molecule has 0 aliphatic carbocycles. The van der Waals surface area contributed by atoms with Crippen LogP contribution < -0.4 is 10.4 Å². The summed E-state index contributed by atoms with van der Waals surface area (Å²) in [6.45, 7) is 0. The predicted octanol–water partition coefficient (Wildman–Crippen LogP) is 0.947. The highest BCUT2D eigenvalue weighted by molar-refractivity contribution is 6.92. The van der Waals surface area contributed by atoms with E-state index in [1.54, 1.807) is 62.8 Å². The van der Waals surface area contributed by atoms with Gasteiger partial charge in [-0.2, -0.15) is 0 Å². The van der Waals surface area contributed by atoms with Gasteiger partial charge < -0.3 is 19.1 Å². The van der Waals surface area contributed by atoms with Gasteiger partial charge in [0.1, 0.15) is 11.5 Å². The van der Waals surface area contributed by atoms with E-state index in [0.717, 1.165) is 10.4 Å². The summed E-state index contributed by atoms with van der Waals surface area (Å²) in [4.78, 5) is 0. The smallest absolute Gasteiger partial charge is 0.406 e. The summed E-state index contributed by atoms with van der Waals surface area (Å²) in [5.41, 5.74) is 0. The normalized spacial score (nSPS) is 11.5. The van der Waals surface area contributed by atoms with Crippen molar-refractivity contribution in [3.8, 4) is 11.5 Å². The SMILES string of the molecule is CO[Si](OC)(c1ccc(O)cc1)c1ccc(O)cc1. The van der Waals surface area contributed by atoms with Crippen molar-refractivity contribution in [1.82, 2.24) is 0 Å². The Bertz CT molecular complexity index is 485. The Morgan fingerprint density at radius 2 is 1.00 bits per heavy atom. The second kappa shape index (κ2) is 5.44. The third kappa shape index (κ3) is 2.48. The Morgan fingerprint density at radius 1 is 0.684 bits per heavy atom. The number of aromatic hydroxyl groups is 2. The van der Waals surface area contributed by atoms with Crippen molar-refractivity contribution in [3.05, 3.63) is 48.5 Å². The number of phenolic OH excluding ortho intramolecular Hbond substituents is 2. The third-order valence-electron chi connectivity index (χ3n) is 3.07. The minimum absolute atomic E-state index is 0.199. The Hall–Kier alpha value is -1.82. The molecule has 4 nitrogen and oxygen atoms in total. The molecule has 0 atom stereocenters. The molecule has 2 rings (SSSR count). The Morgan fingerprint density at radius 3 is 1.26 bits per heavy atom. The summed E-state index contributed by atoms with van der Waals surface area (Å²) in [7, 11) is 0.449. The van der Waals surface area contributed by atoms with Gasteiger partial charge in [-0.15, -0.1) is 0 Å². The highest BCUT2D eigenvalue weighted by Crippen LogP contribution is 2.13. The number of benzene rings is 2. The van der Waals surface area contributed by atoms with Crippen LogP contribution in [0, 0.1) is 0 Å². The van der Waals surface area contributed by atoms with Crippen LogP contribution in [0.4, 0.5) is 0 Å². The van der Waals surface area contributed by atoms with Crippen LogP contribution in [0.15, 0.2) is 48.5 Å². The fourth-order valence-corrected chi connectivity index (χ4v) is 4.74. The van der Waals surface area contributed by atoms with E-state index in [1.807, 2.05) is 0 Å². The number of hydrogen-bond donors (Lipinski definition) is 2. The number of phenols is 2. The van der Waals surface area contributed by atoms with Gasteiger partial charge >= 0.3 is 8.56 Å². The zero-order valence-electron chi connectivity index (χ0n) is 10.8. The molecule has 2 N–H and O–H groups in total. The minimum Gasteiger partial charge on any atom is -0.508 e. The van der Waals surface area contributed by atoms with Crippen LogP contribution in [0.5, 0.6) is 11.5 Å². The molecule has 5 heteroatoms. The maximum Gasteiger partial charge on any atom is 0.406 e. The fourth-order valence-electron chi connectivity index (χ4n) is 2.08. The topological polar surface area (TPSA) is 58.9 Å². The van der Waals surface area contributed by atoms with Gasteiger partial charge in [-0.25, -0.2) is 0 Å². The van der Waals surface area contributed by atoms with Crippen molar-refractivity contribution >= 4 is 18.9 Å². The molecule has 0 aliphatic heterocycles. The van der Waals surface area contributed by atoms with Crippen LogP contribution in [0.2, 0.25) is 0 Å². The van der Waals surface area contributed by atoms with E-state index in [1.165, 1.54) is 0 Å². The van der Waals surface area contributed by atoms with E-state index in [4.69, 9.17) is 8.85 Å². The maximum absolute atomic E-state index is 9.38. The molecule has 0 heterocycles. The van der Waals surface area contributed by atoms with E-state index in [9.17, 15) is 10.2 Å². The summed E-state index contributed by atoms with van der Waals surface area (Å²) < 4.78 is 11.4. The predicted molar refractivity (Wildman–Crippen MR) is 75.3 cm³/mol. The van der Waals surface area contributed by atoms with E-state index >= 15 is 0 Å². The average Bonchev–Trinajstić information content (AvgIpc) is 2.44. The largest absolute Gasteiger partial charge is 0.508 e. The molecule has 2 aromatic carbocycles. The van der Waals surface area contributed by atoms with E-state index in [2.05, 4.69) is 0 Å². The zero-order valence-corrected chi connectivity index (χ0v) is 11.8. The van der Waals surface area contributed by atoms with E-state index < -0.39 is 8.56 Å². The van der Waals surface area contributed by atoms with Gasteiger partial charge in [0.15, 0.2) is 0 Å². The monoisotopic (exact) mass is 276 g/mol. The first-order valence-corrected chi connectivity index (χ1v) is 7.63. The van der Waals surface area contributed by atoms with Crippen LogP contribution in [-0.4, -0.2) is 33.0 Å². The van der Waals surface area contributed by atoms with Gasteiger partial charge in [-0.1, -0.05) is 24.3 Å². The molecule has 0 radical (unpaired) electrons. The Kier molecular flexibility index (Phi) is 3.89. The lowest BCUT2D eigenvalue weighted by atomic mass is 10.3. The summed E-state index contributed by atoms with van der Waals surface area (Å²) in [6, 6.07) is 13.6. The van der Waals surface area contributed by atoms with Gasteiger partial charge in [0, 0.05) is 14.2 Å². The molecule has 0 saturated carbocycles. The van der Waals surface area contributed by atoms with Gasteiger partial charge in [-0.05, 0) is 34.6 Å². The minimum atomic E-state index is -2.76. The van der Waals surface area contributed by atoms with Gasteiger partial charge in [0.05, 0.1) is 0 Å². The van der Waals surface area contributed by atoms with Gasteiger partial charge in [0.25, 0.3) is 0 Å². The number of rotatable bonds is 4. The molecule has 2 aromatic rings. The van der Waals surface area contributed by atoms with Crippen molar-refractivity contribution in [1.29, 1.82) is 0 Å². The molecule has 0 bridgehead atoms. The molecule has 0 saturated heterocycles.